The fourth-order valence-electron chi connectivity index (χ4n) is 2.74. The van der Waals surface area contributed by atoms with Gasteiger partial charge in [0.15, 0.2) is 5.13 Å². The number of carbonyl (C=O) groups is 1. The Bertz CT molecular complexity index is 719. The Balaban J connectivity index is 1.69. The zero-order valence-corrected chi connectivity index (χ0v) is 14.2. The molecule has 1 unspecified atom stereocenters. The van der Waals surface area contributed by atoms with Gasteiger partial charge in [0.2, 0.25) is 5.91 Å². The van der Waals surface area contributed by atoms with Crippen LogP contribution < -0.4 is 10.1 Å². The molecule has 23 heavy (non-hydrogen) atoms. The molecule has 1 aliphatic carbocycles. The van der Waals surface area contributed by atoms with Crippen molar-refractivity contribution in [2.24, 2.45) is 5.92 Å². The Morgan fingerprint density at radius 3 is 2.83 bits per heavy atom. The maximum atomic E-state index is 12.1. The number of thiazole rings is 1. The van der Waals surface area contributed by atoms with Crippen molar-refractivity contribution >= 4 is 22.4 Å². The minimum Gasteiger partial charge on any atom is -0.497 e. The number of hydrogen-bond acceptors (Lipinski definition) is 4. The number of benzene rings is 1. The van der Waals surface area contributed by atoms with Crippen molar-refractivity contribution in [3.63, 3.8) is 0 Å². The quantitative estimate of drug-likeness (QED) is 0.827. The van der Waals surface area contributed by atoms with Crippen molar-refractivity contribution in [1.29, 1.82) is 0 Å². The molecule has 1 amide bonds. The number of carbonyl (C=O) groups excluding carboxylic acids is 1. The summed E-state index contributed by atoms with van der Waals surface area (Å²) in [5.41, 5.74) is 1.94. The summed E-state index contributed by atoms with van der Waals surface area (Å²) < 4.78 is 5.18. The third-order valence-corrected chi connectivity index (χ3v) is 4.85. The van der Waals surface area contributed by atoms with Crippen molar-refractivity contribution in [2.75, 3.05) is 12.4 Å². The van der Waals surface area contributed by atoms with Crippen LogP contribution in [-0.2, 0) is 4.79 Å². The third kappa shape index (κ3) is 3.79. The van der Waals surface area contributed by atoms with Crippen molar-refractivity contribution in [2.45, 2.75) is 26.2 Å². The second kappa shape index (κ2) is 6.96. The second-order valence-electron chi connectivity index (χ2n) is 5.67. The molecule has 120 valence electrons. The minimum absolute atomic E-state index is 0.0385. The van der Waals surface area contributed by atoms with E-state index >= 15 is 0 Å². The van der Waals surface area contributed by atoms with E-state index in [1.807, 2.05) is 31.2 Å². The van der Waals surface area contributed by atoms with E-state index in [0.717, 1.165) is 34.7 Å². The number of methoxy groups -OCH3 is 1. The lowest BCUT2D eigenvalue weighted by Gasteiger charge is -2.06. The maximum absolute atomic E-state index is 12.1. The van der Waals surface area contributed by atoms with Crippen LogP contribution in [0.3, 0.4) is 0 Å². The van der Waals surface area contributed by atoms with Crippen molar-refractivity contribution in [1.82, 2.24) is 4.98 Å². The van der Waals surface area contributed by atoms with Crippen molar-refractivity contribution in [3.8, 4) is 17.0 Å². The lowest BCUT2D eigenvalue weighted by molar-refractivity contribution is -0.116. The van der Waals surface area contributed by atoms with E-state index in [4.69, 9.17) is 4.74 Å². The average molecular weight is 328 g/mol. The molecule has 0 saturated heterocycles. The van der Waals surface area contributed by atoms with Crippen LogP contribution >= 0.6 is 11.3 Å². The number of aryl methyl sites for hydroxylation is 1. The first-order valence-corrected chi connectivity index (χ1v) is 8.55. The average Bonchev–Trinajstić information content (AvgIpc) is 3.17. The summed E-state index contributed by atoms with van der Waals surface area (Å²) >= 11 is 1.51. The summed E-state index contributed by atoms with van der Waals surface area (Å²) in [4.78, 5) is 17.8. The van der Waals surface area contributed by atoms with Crippen LogP contribution in [0.25, 0.3) is 11.3 Å². The summed E-state index contributed by atoms with van der Waals surface area (Å²) in [6, 6.07) is 7.79. The summed E-state index contributed by atoms with van der Waals surface area (Å²) in [6.45, 7) is 2.02. The van der Waals surface area contributed by atoms with Gasteiger partial charge in [0.1, 0.15) is 5.75 Å². The molecule has 1 aromatic carbocycles. The SMILES string of the molecule is COc1ccc(-c2nc(NC(=O)CC3C=CCC3)sc2C)cc1. The van der Waals surface area contributed by atoms with Crippen molar-refractivity contribution in [3.05, 3.63) is 41.3 Å². The molecule has 4 nitrogen and oxygen atoms in total. The number of nitrogens with zero attached hydrogens (tertiary/aromatic N) is 1. The molecular formula is C18H20N2O2S. The van der Waals surface area contributed by atoms with E-state index in [-0.39, 0.29) is 5.91 Å². The van der Waals surface area contributed by atoms with Crippen molar-refractivity contribution < 1.29 is 9.53 Å². The number of allylic oxidation sites excluding steroid dienone is 2. The van der Waals surface area contributed by atoms with Crippen LogP contribution in [-0.4, -0.2) is 18.0 Å². The first-order valence-electron chi connectivity index (χ1n) is 7.74. The van der Waals surface area contributed by atoms with Gasteiger partial charge < -0.3 is 10.1 Å². The number of hydrogen-bond donors (Lipinski definition) is 1. The van der Waals surface area contributed by atoms with Crippen LogP contribution in [0.2, 0.25) is 0 Å². The summed E-state index contributed by atoms with van der Waals surface area (Å²) in [5.74, 6) is 1.23. The number of aromatic nitrogens is 1. The van der Waals surface area contributed by atoms with Crippen LogP contribution in [0.4, 0.5) is 5.13 Å². The monoisotopic (exact) mass is 328 g/mol. The van der Waals surface area contributed by atoms with Gasteiger partial charge in [-0.2, -0.15) is 0 Å². The fourth-order valence-corrected chi connectivity index (χ4v) is 3.59. The number of nitrogens with one attached hydrogen (secondary N) is 1. The Morgan fingerprint density at radius 2 is 2.17 bits per heavy atom. The molecule has 1 N–H and O–H groups in total. The molecule has 1 atom stereocenters. The summed E-state index contributed by atoms with van der Waals surface area (Å²) in [7, 11) is 1.65. The largest absolute Gasteiger partial charge is 0.497 e. The van der Waals surface area contributed by atoms with Crippen LogP contribution in [0.1, 0.15) is 24.1 Å². The highest BCUT2D eigenvalue weighted by atomic mass is 32.1. The molecule has 0 bridgehead atoms. The van der Waals surface area contributed by atoms with Gasteiger partial charge >= 0.3 is 0 Å². The molecule has 5 heteroatoms. The Hall–Kier alpha value is -2.14. The molecule has 1 aromatic heterocycles. The van der Waals surface area contributed by atoms with Crippen LogP contribution in [0, 0.1) is 12.8 Å². The molecule has 0 spiro atoms. The third-order valence-electron chi connectivity index (χ3n) is 3.97. The summed E-state index contributed by atoms with van der Waals surface area (Å²) in [5, 5.41) is 3.60. The molecule has 2 aromatic rings. The predicted octanol–water partition coefficient (Wildman–Crippen LogP) is 4.42. The Labute approximate surface area is 140 Å². The topological polar surface area (TPSA) is 51.2 Å². The Kier molecular flexibility index (Phi) is 4.76. The normalized spacial score (nSPS) is 16.5. The van der Waals surface area contributed by atoms with Gasteiger partial charge in [-0.3, -0.25) is 4.79 Å². The zero-order chi connectivity index (χ0) is 16.2. The van der Waals surface area contributed by atoms with E-state index in [1.165, 1.54) is 11.3 Å². The molecule has 3 rings (SSSR count). The first-order chi connectivity index (χ1) is 11.2. The zero-order valence-electron chi connectivity index (χ0n) is 13.3. The van der Waals surface area contributed by atoms with E-state index < -0.39 is 0 Å². The minimum atomic E-state index is 0.0385. The first kappa shape index (κ1) is 15.7. The predicted molar refractivity (Wildman–Crippen MR) is 93.9 cm³/mol. The highest BCUT2D eigenvalue weighted by Gasteiger charge is 2.16. The lowest BCUT2D eigenvalue weighted by atomic mass is 10.1. The van der Waals surface area contributed by atoms with Gasteiger partial charge in [-0.1, -0.05) is 12.2 Å². The highest BCUT2D eigenvalue weighted by molar-refractivity contribution is 7.16. The van der Waals surface area contributed by atoms with Gasteiger partial charge in [0.25, 0.3) is 0 Å². The fraction of sp³-hybridized carbons (Fsp3) is 0.333. The number of rotatable bonds is 5. The molecule has 0 fully saturated rings. The second-order valence-corrected chi connectivity index (χ2v) is 6.87. The number of amides is 1. The van der Waals surface area contributed by atoms with Gasteiger partial charge in [0, 0.05) is 16.9 Å². The van der Waals surface area contributed by atoms with E-state index in [2.05, 4.69) is 22.5 Å². The van der Waals surface area contributed by atoms with E-state index in [1.54, 1.807) is 7.11 Å². The molecule has 0 radical (unpaired) electrons. The molecule has 1 aliphatic rings. The van der Waals surface area contributed by atoms with E-state index in [9.17, 15) is 4.79 Å². The van der Waals surface area contributed by atoms with Crippen LogP contribution in [0.5, 0.6) is 5.75 Å². The molecule has 0 aliphatic heterocycles. The van der Waals surface area contributed by atoms with Crippen LogP contribution in [0.15, 0.2) is 36.4 Å². The highest BCUT2D eigenvalue weighted by Crippen LogP contribution is 2.31. The maximum Gasteiger partial charge on any atom is 0.226 e. The smallest absolute Gasteiger partial charge is 0.226 e. The van der Waals surface area contributed by atoms with Gasteiger partial charge in [-0.15, -0.1) is 11.3 Å². The standard InChI is InChI=1S/C18H20N2O2S/c1-12-17(14-7-9-15(22-2)10-8-14)20-18(23-12)19-16(21)11-13-5-3-4-6-13/h3,5,7-10,13H,4,6,11H2,1-2H3,(H,19,20,21). The summed E-state index contributed by atoms with van der Waals surface area (Å²) in [6.07, 6.45) is 6.97. The lowest BCUT2D eigenvalue weighted by Crippen LogP contribution is -2.14. The molecule has 0 saturated carbocycles. The van der Waals surface area contributed by atoms with Gasteiger partial charge in [-0.05, 0) is 49.9 Å². The van der Waals surface area contributed by atoms with E-state index in [0.29, 0.717) is 17.5 Å². The molecular weight excluding hydrogens is 308 g/mol. The molecule has 1 heterocycles. The van der Waals surface area contributed by atoms with Gasteiger partial charge in [0.05, 0.1) is 12.8 Å². The number of ether oxygens (including phenoxy) is 1. The Morgan fingerprint density at radius 1 is 1.39 bits per heavy atom. The number of anilines is 1. The van der Waals surface area contributed by atoms with Gasteiger partial charge in [-0.25, -0.2) is 4.98 Å².